The number of nitrogens with one attached hydrogen (secondary N) is 1. The van der Waals surface area contributed by atoms with E-state index in [2.05, 4.69) is 15.4 Å². The molecule has 1 aliphatic carbocycles. The molecule has 1 aliphatic heterocycles. The zero-order chi connectivity index (χ0) is 16.4. The Kier molecular flexibility index (Phi) is 4.40. The average molecular weight is 326 g/mol. The van der Waals surface area contributed by atoms with E-state index < -0.39 is 0 Å². The van der Waals surface area contributed by atoms with Crippen molar-refractivity contribution in [1.82, 2.24) is 20.1 Å². The molecular formula is C18H22N4O2. The highest BCUT2D eigenvalue weighted by atomic mass is 16.5. The smallest absolute Gasteiger partial charge is 0.267 e. The standard InChI is InChI=1S/C18H22N4O2/c23-18-9-13-5-1-2-7-15(13)21-22(18)17-12-24-11-16(17)20-10-14-6-3-4-8-19-14/h3-4,6,8-9,16-17,20H,1-2,5,7,10-12H2. The molecule has 0 spiro atoms. The maximum atomic E-state index is 12.5. The van der Waals surface area contributed by atoms with Gasteiger partial charge in [0.2, 0.25) is 0 Å². The van der Waals surface area contributed by atoms with Gasteiger partial charge in [-0.1, -0.05) is 6.07 Å². The number of fused-ring (bicyclic) bond motifs is 1. The summed E-state index contributed by atoms with van der Waals surface area (Å²) in [6, 6.07) is 7.65. The van der Waals surface area contributed by atoms with Gasteiger partial charge in [-0.25, -0.2) is 4.68 Å². The van der Waals surface area contributed by atoms with Crippen LogP contribution in [0.4, 0.5) is 0 Å². The molecule has 2 unspecified atom stereocenters. The molecule has 0 amide bonds. The highest BCUT2D eigenvalue weighted by Gasteiger charge is 2.31. The fraction of sp³-hybridized carbons (Fsp3) is 0.500. The first-order chi connectivity index (χ1) is 11.8. The van der Waals surface area contributed by atoms with E-state index in [1.807, 2.05) is 18.2 Å². The van der Waals surface area contributed by atoms with Gasteiger partial charge in [-0.05, 0) is 43.4 Å². The van der Waals surface area contributed by atoms with Crippen LogP contribution < -0.4 is 10.9 Å². The van der Waals surface area contributed by atoms with E-state index >= 15 is 0 Å². The minimum Gasteiger partial charge on any atom is -0.377 e. The first-order valence-electron chi connectivity index (χ1n) is 8.64. The Morgan fingerprint density at radius 2 is 2.17 bits per heavy atom. The summed E-state index contributed by atoms with van der Waals surface area (Å²) in [5, 5.41) is 8.14. The molecule has 6 heteroatoms. The fourth-order valence-corrected chi connectivity index (χ4v) is 3.53. The lowest BCUT2D eigenvalue weighted by Crippen LogP contribution is -2.41. The van der Waals surface area contributed by atoms with Crippen LogP contribution in [-0.2, 0) is 24.1 Å². The lowest BCUT2D eigenvalue weighted by atomic mass is 9.97. The number of aromatic nitrogens is 3. The number of hydrogen-bond donors (Lipinski definition) is 1. The minimum absolute atomic E-state index is 0.0178. The largest absolute Gasteiger partial charge is 0.377 e. The predicted molar refractivity (Wildman–Crippen MR) is 89.9 cm³/mol. The molecule has 126 valence electrons. The molecule has 6 nitrogen and oxygen atoms in total. The predicted octanol–water partition coefficient (Wildman–Crippen LogP) is 1.25. The summed E-state index contributed by atoms with van der Waals surface area (Å²) < 4.78 is 7.26. The second kappa shape index (κ2) is 6.83. The third-order valence-corrected chi connectivity index (χ3v) is 4.87. The SMILES string of the molecule is O=c1cc2c(nn1C1COCC1NCc1ccccn1)CCCC2. The number of pyridine rings is 1. The van der Waals surface area contributed by atoms with Gasteiger partial charge in [0, 0.05) is 18.8 Å². The van der Waals surface area contributed by atoms with Gasteiger partial charge in [-0.15, -0.1) is 0 Å². The van der Waals surface area contributed by atoms with Gasteiger partial charge in [-0.2, -0.15) is 5.10 Å². The highest BCUT2D eigenvalue weighted by molar-refractivity contribution is 5.20. The van der Waals surface area contributed by atoms with Crippen LogP contribution in [0.5, 0.6) is 0 Å². The van der Waals surface area contributed by atoms with Gasteiger partial charge < -0.3 is 10.1 Å². The molecule has 24 heavy (non-hydrogen) atoms. The van der Waals surface area contributed by atoms with E-state index in [1.165, 1.54) is 0 Å². The van der Waals surface area contributed by atoms with Crippen LogP contribution in [-0.4, -0.2) is 34.0 Å². The quantitative estimate of drug-likeness (QED) is 0.916. The first kappa shape index (κ1) is 15.5. The molecule has 2 aliphatic rings. The van der Waals surface area contributed by atoms with E-state index in [9.17, 15) is 4.79 Å². The minimum atomic E-state index is -0.0616. The normalized spacial score (nSPS) is 23.2. The van der Waals surface area contributed by atoms with Gasteiger partial charge in [0.25, 0.3) is 5.56 Å². The molecular weight excluding hydrogens is 304 g/mol. The second-order valence-electron chi connectivity index (χ2n) is 6.52. The van der Waals surface area contributed by atoms with Gasteiger partial charge in [0.15, 0.2) is 0 Å². The Morgan fingerprint density at radius 1 is 1.25 bits per heavy atom. The molecule has 2 aromatic heterocycles. The zero-order valence-electron chi connectivity index (χ0n) is 13.6. The van der Waals surface area contributed by atoms with Crippen molar-refractivity contribution in [3.05, 3.63) is 57.8 Å². The number of hydrogen-bond acceptors (Lipinski definition) is 5. The van der Waals surface area contributed by atoms with Crippen LogP contribution >= 0.6 is 0 Å². The Balaban J connectivity index is 1.53. The summed E-state index contributed by atoms with van der Waals surface area (Å²) in [4.78, 5) is 16.8. The fourth-order valence-electron chi connectivity index (χ4n) is 3.53. The maximum Gasteiger partial charge on any atom is 0.267 e. The van der Waals surface area contributed by atoms with Crippen molar-refractivity contribution in [2.24, 2.45) is 0 Å². The highest BCUT2D eigenvalue weighted by Crippen LogP contribution is 2.21. The number of aryl methyl sites for hydroxylation is 2. The molecule has 0 aromatic carbocycles. The lowest BCUT2D eigenvalue weighted by Gasteiger charge is -2.22. The molecule has 1 saturated heterocycles. The van der Waals surface area contributed by atoms with Gasteiger partial charge in [0.05, 0.1) is 36.7 Å². The van der Waals surface area contributed by atoms with E-state index in [1.54, 1.807) is 16.9 Å². The third kappa shape index (κ3) is 3.12. The molecule has 1 N–H and O–H groups in total. The Labute approximate surface area is 140 Å². The first-order valence-corrected chi connectivity index (χ1v) is 8.64. The summed E-state index contributed by atoms with van der Waals surface area (Å²) in [7, 11) is 0. The Hall–Kier alpha value is -2.05. The van der Waals surface area contributed by atoms with Crippen molar-refractivity contribution in [1.29, 1.82) is 0 Å². The lowest BCUT2D eigenvalue weighted by molar-refractivity contribution is 0.180. The summed E-state index contributed by atoms with van der Waals surface area (Å²) in [5.41, 5.74) is 3.17. The number of rotatable bonds is 4. The summed E-state index contributed by atoms with van der Waals surface area (Å²) in [6.45, 7) is 1.76. The molecule has 0 saturated carbocycles. The molecule has 0 radical (unpaired) electrons. The zero-order valence-corrected chi connectivity index (χ0v) is 13.6. The van der Waals surface area contributed by atoms with Crippen molar-refractivity contribution >= 4 is 0 Å². The van der Waals surface area contributed by atoms with Crippen LogP contribution in [0.3, 0.4) is 0 Å². The number of ether oxygens (including phenoxy) is 1. The third-order valence-electron chi connectivity index (χ3n) is 4.87. The molecule has 1 fully saturated rings. The molecule has 4 rings (SSSR count). The van der Waals surface area contributed by atoms with Crippen LogP contribution in [0.25, 0.3) is 0 Å². The van der Waals surface area contributed by atoms with E-state index in [0.29, 0.717) is 19.8 Å². The van der Waals surface area contributed by atoms with Crippen LogP contribution in [0, 0.1) is 0 Å². The van der Waals surface area contributed by atoms with Crippen molar-refractivity contribution in [3.63, 3.8) is 0 Å². The van der Waals surface area contributed by atoms with Gasteiger partial charge >= 0.3 is 0 Å². The van der Waals surface area contributed by atoms with Gasteiger partial charge in [0.1, 0.15) is 0 Å². The van der Waals surface area contributed by atoms with Crippen molar-refractivity contribution < 1.29 is 4.74 Å². The molecule has 3 heterocycles. The van der Waals surface area contributed by atoms with Crippen molar-refractivity contribution in [2.45, 2.75) is 44.3 Å². The Morgan fingerprint density at radius 3 is 3.04 bits per heavy atom. The average Bonchev–Trinajstić information content (AvgIpc) is 3.08. The van der Waals surface area contributed by atoms with Crippen LogP contribution in [0.2, 0.25) is 0 Å². The van der Waals surface area contributed by atoms with E-state index in [4.69, 9.17) is 4.74 Å². The summed E-state index contributed by atoms with van der Waals surface area (Å²) in [5.74, 6) is 0. The molecule has 2 aromatic rings. The Bertz CT molecular complexity index is 759. The topological polar surface area (TPSA) is 69.0 Å². The summed E-state index contributed by atoms with van der Waals surface area (Å²) in [6.07, 6.45) is 6.03. The van der Waals surface area contributed by atoms with Crippen molar-refractivity contribution in [3.8, 4) is 0 Å². The van der Waals surface area contributed by atoms with E-state index in [-0.39, 0.29) is 17.6 Å². The second-order valence-corrected chi connectivity index (χ2v) is 6.52. The van der Waals surface area contributed by atoms with Crippen molar-refractivity contribution in [2.75, 3.05) is 13.2 Å². The monoisotopic (exact) mass is 326 g/mol. The number of nitrogens with zero attached hydrogens (tertiary/aromatic N) is 3. The maximum absolute atomic E-state index is 12.5. The van der Waals surface area contributed by atoms with Gasteiger partial charge in [-0.3, -0.25) is 9.78 Å². The van der Waals surface area contributed by atoms with Crippen LogP contribution in [0.1, 0.15) is 35.8 Å². The van der Waals surface area contributed by atoms with E-state index in [0.717, 1.165) is 42.6 Å². The van der Waals surface area contributed by atoms with Crippen LogP contribution in [0.15, 0.2) is 35.3 Å². The molecule has 2 atom stereocenters. The summed E-state index contributed by atoms with van der Waals surface area (Å²) >= 11 is 0. The molecule has 0 bridgehead atoms.